The number of aliphatic hydroxyl groups excluding tert-OH is 2. The second-order valence-corrected chi connectivity index (χ2v) is 16.0. The van der Waals surface area contributed by atoms with Crippen molar-refractivity contribution in [2.45, 2.75) is 97.2 Å². The van der Waals surface area contributed by atoms with Gasteiger partial charge in [0.2, 0.25) is 5.88 Å². The molecule has 4 fully saturated rings. The Morgan fingerprint density at radius 1 is 1.07 bits per heavy atom. The number of amides is 1. The van der Waals surface area contributed by atoms with Crippen molar-refractivity contribution >= 4 is 54.4 Å². The van der Waals surface area contributed by atoms with E-state index in [9.17, 15) is 20.1 Å². The van der Waals surface area contributed by atoms with Crippen LogP contribution in [0.2, 0.25) is 0 Å². The van der Waals surface area contributed by atoms with Gasteiger partial charge in [-0.15, -0.1) is 10.2 Å². The molecule has 10 atom stereocenters. The van der Waals surface area contributed by atoms with Gasteiger partial charge in [-0.3, -0.25) is 4.79 Å². The van der Waals surface area contributed by atoms with Crippen LogP contribution >= 0.6 is 31.9 Å². The molecule has 1 aromatic carbocycles. The van der Waals surface area contributed by atoms with Crippen LogP contribution in [0.5, 0.6) is 5.88 Å². The number of azo groups is 1. The molecule has 6 rings (SSSR count). The van der Waals surface area contributed by atoms with Crippen LogP contribution in [0.3, 0.4) is 0 Å². The summed E-state index contributed by atoms with van der Waals surface area (Å²) in [5.74, 6) is 2.36. The molecule has 9 heteroatoms. The van der Waals surface area contributed by atoms with E-state index in [1.165, 1.54) is 6.42 Å². The Bertz CT molecular complexity index is 1360. The van der Waals surface area contributed by atoms with E-state index in [1.807, 2.05) is 12.1 Å². The largest absolute Gasteiger partial charge is 0.493 e. The van der Waals surface area contributed by atoms with Crippen LogP contribution in [0.4, 0.5) is 5.69 Å². The molecule has 0 bridgehead atoms. The first-order valence-electron chi connectivity index (χ1n) is 15.4. The second kappa shape index (κ2) is 11.0. The second-order valence-electron chi connectivity index (χ2n) is 14.2. The van der Waals surface area contributed by atoms with E-state index in [0.717, 1.165) is 60.3 Å². The molecule has 4 N–H and O–H groups in total. The number of nitrogens with zero attached hydrogens (tertiary/aromatic N) is 2. The van der Waals surface area contributed by atoms with Crippen molar-refractivity contribution in [2.75, 3.05) is 0 Å². The summed E-state index contributed by atoms with van der Waals surface area (Å²) in [6, 6.07) is 3.71. The van der Waals surface area contributed by atoms with Gasteiger partial charge in [0.05, 0.1) is 17.7 Å². The summed E-state index contributed by atoms with van der Waals surface area (Å²) in [4.78, 5) is 15.7. The first kappa shape index (κ1) is 29.8. The molecule has 4 aliphatic rings. The van der Waals surface area contributed by atoms with Gasteiger partial charge in [0.15, 0.2) is 5.69 Å². The predicted molar refractivity (Wildman–Crippen MR) is 166 cm³/mol. The summed E-state index contributed by atoms with van der Waals surface area (Å²) < 4.78 is 1.61. The maximum Gasteiger partial charge on any atom is 0.264 e. The molecule has 0 unspecified atom stereocenters. The topological polar surface area (TPSA) is 118 Å². The molecule has 2 aromatic rings. The molecule has 7 nitrogen and oxygen atoms in total. The lowest BCUT2D eigenvalue weighted by Crippen LogP contribution is -2.58. The summed E-state index contributed by atoms with van der Waals surface area (Å²) in [6.07, 6.45) is 8.93. The Hall–Kier alpha value is -1.29. The number of H-pyrrole nitrogens is 1. The standard InChI is InChI=1S/C32H43Br2N3O4/c1-16(4-7-26(40)36-37-29-20-14-18(33)15-24(34)28(20)35-30(29)41)21-5-6-22-27-23(9-11-32(21,22)3)31(2)10-8-19(38)12-17(31)13-25(27)39/h14-17,19,21-23,25,27,35,38-39,41H,4-13H2,1-3H3/t16-,17+,19-,21+,22-,23+,25-,27-,31-,32-/m1/s1. The highest BCUT2D eigenvalue weighted by Gasteiger charge is 2.62. The fraction of sp³-hybridized carbons (Fsp3) is 0.719. The smallest absolute Gasteiger partial charge is 0.264 e. The lowest BCUT2D eigenvalue weighted by Gasteiger charge is -2.62. The summed E-state index contributed by atoms with van der Waals surface area (Å²) in [5, 5.41) is 41.0. The molecule has 4 saturated carbocycles. The minimum absolute atomic E-state index is 0.112. The molecule has 41 heavy (non-hydrogen) atoms. The first-order chi connectivity index (χ1) is 19.4. The van der Waals surface area contributed by atoms with Gasteiger partial charge in [0.1, 0.15) is 0 Å². The lowest BCUT2D eigenvalue weighted by molar-refractivity contribution is -0.174. The van der Waals surface area contributed by atoms with E-state index in [4.69, 9.17) is 0 Å². The molecule has 4 aliphatic carbocycles. The summed E-state index contributed by atoms with van der Waals surface area (Å²) in [7, 11) is 0. The summed E-state index contributed by atoms with van der Waals surface area (Å²) in [5.41, 5.74) is 1.38. The number of aromatic amines is 1. The van der Waals surface area contributed by atoms with E-state index >= 15 is 0 Å². The van der Waals surface area contributed by atoms with Crippen LogP contribution in [0.15, 0.2) is 31.3 Å². The Morgan fingerprint density at radius 3 is 2.59 bits per heavy atom. The molecule has 1 amide bonds. The molecule has 0 saturated heterocycles. The number of hydrogen-bond donors (Lipinski definition) is 4. The zero-order valence-corrected chi connectivity index (χ0v) is 27.4. The number of aromatic hydroxyl groups is 1. The van der Waals surface area contributed by atoms with Crippen LogP contribution in [-0.2, 0) is 4.79 Å². The number of carbonyl (C=O) groups is 1. The van der Waals surface area contributed by atoms with Gasteiger partial charge in [0, 0.05) is 20.8 Å². The Balaban J connectivity index is 1.11. The van der Waals surface area contributed by atoms with Gasteiger partial charge in [0.25, 0.3) is 5.91 Å². The van der Waals surface area contributed by atoms with E-state index in [2.05, 4.69) is 67.8 Å². The minimum atomic E-state index is -0.274. The molecular formula is C32H43Br2N3O4. The van der Waals surface area contributed by atoms with Gasteiger partial charge in [-0.05, 0) is 132 Å². The van der Waals surface area contributed by atoms with Crippen molar-refractivity contribution in [2.24, 2.45) is 56.6 Å². The minimum Gasteiger partial charge on any atom is -0.493 e. The number of hydrogen-bond acceptors (Lipinski definition) is 5. The van der Waals surface area contributed by atoms with Crippen LogP contribution in [0.25, 0.3) is 10.9 Å². The number of carbonyl (C=O) groups excluding carboxylic acids is 1. The highest BCUT2D eigenvalue weighted by atomic mass is 79.9. The number of aliphatic hydroxyl groups is 2. The van der Waals surface area contributed by atoms with Crippen molar-refractivity contribution < 1.29 is 20.1 Å². The average molecular weight is 694 g/mol. The van der Waals surface area contributed by atoms with Crippen molar-refractivity contribution in [3.8, 4) is 5.88 Å². The summed E-state index contributed by atoms with van der Waals surface area (Å²) >= 11 is 6.95. The third-order valence-corrected chi connectivity index (χ3v) is 13.4. The number of nitrogens with one attached hydrogen (secondary N) is 1. The van der Waals surface area contributed by atoms with Crippen molar-refractivity contribution in [1.29, 1.82) is 0 Å². The fourth-order valence-corrected chi connectivity index (χ4v) is 11.5. The highest BCUT2D eigenvalue weighted by Crippen LogP contribution is 2.68. The number of benzene rings is 1. The SMILES string of the molecule is C[C@H](CCC(=O)N=Nc1c(O)[nH]c2c(Br)cc(Br)cc12)[C@@H]1CC[C@@H]2[C@H]3[C@H](O)C[C@@H]4C[C@H](O)CC[C@@]4(C)[C@H]3CC[C@@]21C. The summed E-state index contributed by atoms with van der Waals surface area (Å²) in [6.45, 7) is 7.20. The fourth-order valence-electron chi connectivity index (χ4n) is 10.2. The van der Waals surface area contributed by atoms with E-state index in [0.29, 0.717) is 52.8 Å². The molecular weight excluding hydrogens is 650 g/mol. The normalized spacial score (nSPS) is 39.4. The average Bonchev–Trinajstić information content (AvgIpc) is 3.43. The van der Waals surface area contributed by atoms with Gasteiger partial charge < -0.3 is 20.3 Å². The highest BCUT2D eigenvalue weighted by molar-refractivity contribution is 9.11. The molecule has 1 aromatic heterocycles. The zero-order valence-electron chi connectivity index (χ0n) is 24.2. The van der Waals surface area contributed by atoms with Gasteiger partial charge >= 0.3 is 0 Å². The van der Waals surface area contributed by atoms with Gasteiger partial charge in [-0.25, -0.2) is 0 Å². The Labute approximate surface area is 259 Å². The molecule has 0 aliphatic heterocycles. The quantitative estimate of drug-likeness (QED) is 0.235. The van der Waals surface area contributed by atoms with E-state index < -0.39 is 0 Å². The number of aromatic nitrogens is 1. The third-order valence-electron chi connectivity index (χ3n) is 12.3. The zero-order chi connectivity index (χ0) is 29.3. The van der Waals surface area contributed by atoms with Gasteiger partial charge in [-0.2, -0.15) is 0 Å². The maximum absolute atomic E-state index is 12.8. The van der Waals surface area contributed by atoms with Crippen LogP contribution in [0, 0.1) is 46.3 Å². The third kappa shape index (κ3) is 5.04. The van der Waals surface area contributed by atoms with Gasteiger partial charge in [-0.1, -0.05) is 36.7 Å². The molecule has 1 heterocycles. The monoisotopic (exact) mass is 691 g/mol. The number of halogens is 2. The van der Waals surface area contributed by atoms with Crippen molar-refractivity contribution in [3.63, 3.8) is 0 Å². The Morgan fingerprint density at radius 2 is 1.80 bits per heavy atom. The maximum atomic E-state index is 12.8. The molecule has 0 spiro atoms. The number of rotatable bonds is 5. The van der Waals surface area contributed by atoms with E-state index in [-0.39, 0.29) is 40.5 Å². The first-order valence-corrected chi connectivity index (χ1v) is 17.0. The van der Waals surface area contributed by atoms with Crippen LogP contribution in [0.1, 0.15) is 85.0 Å². The van der Waals surface area contributed by atoms with Crippen molar-refractivity contribution in [3.05, 3.63) is 21.1 Å². The lowest BCUT2D eigenvalue weighted by atomic mass is 9.43. The predicted octanol–water partition coefficient (Wildman–Crippen LogP) is 8.42. The van der Waals surface area contributed by atoms with Crippen LogP contribution in [-0.4, -0.2) is 38.4 Å². The molecule has 224 valence electrons. The Kier molecular flexibility index (Phi) is 7.99. The number of fused-ring (bicyclic) bond motifs is 6. The van der Waals surface area contributed by atoms with Crippen molar-refractivity contribution in [1.82, 2.24) is 4.98 Å². The molecule has 0 radical (unpaired) electrons. The van der Waals surface area contributed by atoms with E-state index in [1.54, 1.807) is 0 Å². The van der Waals surface area contributed by atoms with Crippen LogP contribution < -0.4 is 0 Å².